The first kappa shape index (κ1) is 14.4. The Balaban J connectivity index is 2.05. The molecule has 1 aromatic rings. The third-order valence-corrected chi connectivity index (χ3v) is 3.77. The minimum atomic E-state index is -0.0998. The van der Waals surface area contributed by atoms with Crippen molar-refractivity contribution in [3.8, 4) is 0 Å². The second kappa shape index (κ2) is 5.94. The highest BCUT2D eigenvalue weighted by Crippen LogP contribution is 2.21. The third kappa shape index (κ3) is 2.61. The van der Waals surface area contributed by atoms with E-state index in [0.29, 0.717) is 43.9 Å². The van der Waals surface area contributed by atoms with Crippen molar-refractivity contribution in [2.45, 2.75) is 26.3 Å². The Morgan fingerprint density at radius 3 is 2.65 bits per heavy atom. The molecule has 1 fully saturated rings. The van der Waals surface area contributed by atoms with Crippen LogP contribution in [0.25, 0.3) is 0 Å². The van der Waals surface area contributed by atoms with Crippen LogP contribution in [0, 0.1) is 5.92 Å². The van der Waals surface area contributed by atoms with Gasteiger partial charge in [0.25, 0.3) is 5.91 Å². The summed E-state index contributed by atoms with van der Waals surface area (Å²) in [7, 11) is 1.64. The molecule has 0 spiro atoms. The molecule has 0 aliphatic carbocycles. The molecule has 0 saturated carbocycles. The van der Waals surface area contributed by atoms with Crippen LogP contribution >= 0.6 is 0 Å². The van der Waals surface area contributed by atoms with Crippen molar-refractivity contribution < 1.29 is 9.59 Å². The van der Waals surface area contributed by atoms with Crippen LogP contribution in [-0.4, -0.2) is 46.6 Å². The van der Waals surface area contributed by atoms with Gasteiger partial charge in [-0.2, -0.15) is 5.10 Å². The fraction of sp³-hybridized carbons (Fsp3) is 0.615. The van der Waals surface area contributed by atoms with Gasteiger partial charge in [0.2, 0.25) is 5.91 Å². The zero-order valence-electron chi connectivity index (χ0n) is 11.9. The molecular weight excluding hydrogens is 258 g/mol. The number of aryl methyl sites for hydroxylation is 1. The number of anilines is 1. The van der Waals surface area contributed by atoms with E-state index in [1.54, 1.807) is 16.6 Å². The topological polar surface area (TPSA) is 93.2 Å². The first-order valence-electron chi connectivity index (χ1n) is 6.90. The van der Waals surface area contributed by atoms with Gasteiger partial charge in [-0.3, -0.25) is 14.3 Å². The Morgan fingerprint density at radius 2 is 2.10 bits per heavy atom. The fourth-order valence-corrected chi connectivity index (χ4v) is 2.57. The van der Waals surface area contributed by atoms with Crippen molar-refractivity contribution in [3.63, 3.8) is 0 Å². The van der Waals surface area contributed by atoms with Gasteiger partial charge in [-0.15, -0.1) is 0 Å². The first-order valence-corrected chi connectivity index (χ1v) is 6.90. The maximum atomic E-state index is 12.5. The van der Waals surface area contributed by atoms with E-state index in [0.717, 1.165) is 0 Å². The molecular formula is C13H21N5O2. The number of nitrogens with one attached hydrogen (secondary N) is 1. The average Bonchev–Trinajstić information content (AvgIpc) is 2.86. The summed E-state index contributed by atoms with van der Waals surface area (Å²) in [6.45, 7) is 3.67. The highest BCUT2D eigenvalue weighted by atomic mass is 16.2. The van der Waals surface area contributed by atoms with Crippen molar-refractivity contribution in [3.05, 3.63) is 11.9 Å². The number of nitrogens with zero attached hydrogens (tertiary/aromatic N) is 3. The predicted octanol–water partition coefficient (Wildman–Crippen LogP) is 0.0834. The molecule has 1 aliphatic heterocycles. The molecule has 110 valence electrons. The number of nitrogens with two attached hydrogens (primary N) is 1. The molecule has 7 heteroatoms. The number of hydrogen-bond acceptors (Lipinski definition) is 4. The molecule has 0 bridgehead atoms. The number of rotatable bonds is 3. The summed E-state index contributed by atoms with van der Waals surface area (Å²) in [6, 6.07) is 0. The van der Waals surface area contributed by atoms with E-state index in [4.69, 9.17) is 5.73 Å². The smallest absolute Gasteiger partial charge is 0.274 e. The standard InChI is InChI=1S/C13H21N5O2/c1-3-18-11(10(14)8-16-18)13(20)17-6-4-9(5-7-17)12(19)15-2/h8-9H,3-7,14H2,1-2H3,(H,15,19). The minimum absolute atomic E-state index is 0.00233. The molecule has 3 N–H and O–H groups in total. The Kier molecular flexibility index (Phi) is 4.26. The van der Waals surface area contributed by atoms with Gasteiger partial charge < -0.3 is 16.0 Å². The van der Waals surface area contributed by atoms with Gasteiger partial charge in [0.05, 0.1) is 11.9 Å². The molecule has 2 amide bonds. The lowest BCUT2D eigenvalue weighted by atomic mass is 9.96. The molecule has 0 atom stereocenters. The lowest BCUT2D eigenvalue weighted by molar-refractivity contribution is -0.125. The van der Waals surface area contributed by atoms with Crippen molar-refractivity contribution in [2.24, 2.45) is 5.92 Å². The van der Waals surface area contributed by atoms with Gasteiger partial charge in [0, 0.05) is 32.6 Å². The molecule has 2 heterocycles. The highest BCUT2D eigenvalue weighted by molar-refractivity contribution is 5.97. The summed E-state index contributed by atoms with van der Waals surface area (Å²) in [6.07, 6.45) is 2.88. The molecule has 1 saturated heterocycles. The normalized spacial score (nSPS) is 16.2. The zero-order valence-corrected chi connectivity index (χ0v) is 11.9. The van der Waals surface area contributed by atoms with Crippen LogP contribution in [0.2, 0.25) is 0 Å². The molecule has 0 unspecified atom stereocenters. The number of aromatic nitrogens is 2. The van der Waals surface area contributed by atoms with Gasteiger partial charge in [-0.1, -0.05) is 0 Å². The second-order valence-electron chi connectivity index (χ2n) is 4.95. The number of carbonyl (C=O) groups is 2. The van der Waals surface area contributed by atoms with Crippen LogP contribution in [0.15, 0.2) is 6.20 Å². The average molecular weight is 279 g/mol. The number of nitrogen functional groups attached to an aromatic ring is 1. The summed E-state index contributed by atoms with van der Waals surface area (Å²) < 4.78 is 1.61. The first-order chi connectivity index (χ1) is 9.58. The molecule has 2 rings (SSSR count). The minimum Gasteiger partial charge on any atom is -0.396 e. The zero-order chi connectivity index (χ0) is 14.7. The summed E-state index contributed by atoms with van der Waals surface area (Å²) in [5, 5.41) is 6.74. The Labute approximate surface area is 118 Å². The van der Waals surface area contributed by atoms with Gasteiger partial charge in [-0.25, -0.2) is 0 Å². The van der Waals surface area contributed by atoms with Crippen LogP contribution < -0.4 is 11.1 Å². The van der Waals surface area contributed by atoms with E-state index < -0.39 is 0 Å². The van der Waals surface area contributed by atoms with Crippen LogP contribution in [-0.2, 0) is 11.3 Å². The number of piperidine rings is 1. The van der Waals surface area contributed by atoms with Crippen LogP contribution in [0.1, 0.15) is 30.3 Å². The van der Waals surface area contributed by atoms with E-state index in [1.807, 2.05) is 6.92 Å². The molecule has 7 nitrogen and oxygen atoms in total. The molecule has 20 heavy (non-hydrogen) atoms. The van der Waals surface area contributed by atoms with E-state index in [-0.39, 0.29) is 17.7 Å². The highest BCUT2D eigenvalue weighted by Gasteiger charge is 2.29. The summed E-state index contributed by atoms with van der Waals surface area (Å²) >= 11 is 0. The van der Waals surface area contributed by atoms with Crippen LogP contribution in [0.5, 0.6) is 0 Å². The van der Waals surface area contributed by atoms with E-state index >= 15 is 0 Å². The fourth-order valence-electron chi connectivity index (χ4n) is 2.57. The third-order valence-electron chi connectivity index (χ3n) is 3.77. The Bertz CT molecular complexity index is 503. The van der Waals surface area contributed by atoms with Gasteiger partial charge >= 0.3 is 0 Å². The number of hydrogen-bond donors (Lipinski definition) is 2. The number of likely N-dealkylation sites (tertiary alicyclic amines) is 1. The summed E-state index contributed by atoms with van der Waals surface area (Å²) in [5.74, 6) is -0.0510. The maximum absolute atomic E-state index is 12.5. The van der Waals surface area contributed by atoms with E-state index in [1.165, 1.54) is 6.20 Å². The van der Waals surface area contributed by atoms with Gasteiger partial charge in [0.15, 0.2) is 0 Å². The van der Waals surface area contributed by atoms with Crippen molar-refractivity contribution in [1.82, 2.24) is 20.0 Å². The molecule has 1 aromatic heterocycles. The monoisotopic (exact) mass is 279 g/mol. The Hall–Kier alpha value is -2.05. The van der Waals surface area contributed by atoms with Crippen LogP contribution in [0.3, 0.4) is 0 Å². The van der Waals surface area contributed by atoms with Crippen molar-refractivity contribution >= 4 is 17.5 Å². The quantitative estimate of drug-likeness (QED) is 0.819. The second-order valence-corrected chi connectivity index (χ2v) is 4.95. The predicted molar refractivity (Wildman–Crippen MR) is 75.0 cm³/mol. The lowest BCUT2D eigenvalue weighted by Gasteiger charge is -2.31. The summed E-state index contributed by atoms with van der Waals surface area (Å²) in [4.78, 5) is 25.8. The molecule has 0 radical (unpaired) electrons. The Morgan fingerprint density at radius 1 is 1.45 bits per heavy atom. The van der Waals surface area contributed by atoms with E-state index in [9.17, 15) is 9.59 Å². The number of carbonyl (C=O) groups excluding carboxylic acids is 2. The van der Waals surface area contributed by atoms with Crippen molar-refractivity contribution in [2.75, 3.05) is 25.9 Å². The summed E-state index contributed by atoms with van der Waals surface area (Å²) in [5.41, 5.74) is 6.68. The molecule has 0 aromatic carbocycles. The maximum Gasteiger partial charge on any atom is 0.274 e. The van der Waals surface area contributed by atoms with E-state index in [2.05, 4.69) is 10.4 Å². The lowest BCUT2D eigenvalue weighted by Crippen LogP contribution is -2.43. The largest absolute Gasteiger partial charge is 0.396 e. The number of amides is 2. The molecule has 1 aliphatic rings. The van der Waals surface area contributed by atoms with Crippen molar-refractivity contribution in [1.29, 1.82) is 0 Å². The SMILES string of the molecule is CCn1ncc(N)c1C(=O)N1CCC(C(=O)NC)CC1. The van der Waals surface area contributed by atoms with Crippen LogP contribution in [0.4, 0.5) is 5.69 Å². The van der Waals surface area contributed by atoms with Gasteiger partial charge in [-0.05, 0) is 19.8 Å². The van der Waals surface area contributed by atoms with Gasteiger partial charge in [0.1, 0.15) is 5.69 Å².